The zero-order chi connectivity index (χ0) is 18.5. The number of benzene rings is 1. The van der Waals surface area contributed by atoms with Crippen LogP contribution < -0.4 is 10.2 Å². The minimum absolute atomic E-state index is 0.0143. The normalized spacial score (nSPS) is 14.4. The highest BCUT2D eigenvalue weighted by Gasteiger charge is 2.24. The maximum absolute atomic E-state index is 12.5. The summed E-state index contributed by atoms with van der Waals surface area (Å²) < 4.78 is 0.767. The molecule has 3 rings (SSSR count). The first-order chi connectivity index (χ1) is 12.6. The predicted octanol–water partition coefficient (Wildman–Crippen LogP) is 1.99. The summed E-state index contributed by atoms with van der Waals surface area (Å²) >= 11 is 8.71. The number of piperazine rings is 1. The number of amides is 2. The van der Waals surface area contributed by atoms with Gasteiger partial charge < -0.3 is 15.1 Å². The molecule has 2 aromatic rings. The van der Waals surface area contributed by atoms with Gasteiger partial charge in [0.05, 0.1) is 5.75 Å². The molecule has 2 amide bonds. The van der Waals surface area contributed by atoms with Gasteiger partial charge in [-0.1, -0.05) is 34.7 Å². The van der Waals surface area contributed by atoms with Crippen LogP contribution in [-0.2, 0) is 4.79 Å². The van der Waals surface area contributed by atoms with Gasteiger partial charge in [0.1, 0.15) is 0 Å². The Bertz CT molecular complexity index is 775. The number of aromatic nitrogens is 2. The third kappa shape index (κ3) is 4.66. The molecular formula is C16H18ClN5O2S2. The summed E-state index contributed by atoms with van der Waals surface area (Å²) in [5, 5.41) is 12.3. The molecule has 10 heteroatoms. The lowest BCUT2D eigenvalue weighted by atomic mass is 10.2. The fourth-order valence-electron chi connectivity index (χ4n) is 2.46. The van der Waals surface area contributed by atoms with Crippen LogP contribution in [0.2, 0.25) is 5.02 Å². The maximum Gasteiger partial charge on any atom is 0.253 e. The van der Waals surface area contributed by atoms with Gasteiger partial charge >= 0.3 is 0 Å². The molecule has 0 atom stereocenters. The number of rotatable bonds is 5. The quantitative estimate of drug-likeness (QED) is 0.758. The monoisotopic (exact) mass is 411 g/mol. The van der Waals surface area contributed by atoms with Crippen LogP contribution in [0.15, 0.2) is 28.6 Å². The van der Waals surface area contributed by atoms with Crippen LogP contribution in [0, 0.1) is 0 Å². The molecule has 0 radical (unpaired) electrons. The minimum atomic E-state index is -0.0407. The Balaban J connectivity index is 1.53. The summed E-state index contributed by atoms with van der Waals surface area (Å²) in [6.07, 6.45) is 0. The number of carbonyl (C=O) groups excluding carboxylic acids is 2. The van der Waals surface area contributed by atoms with Crippen LogP contribution >= 0.6 is 34.7 Å². The van der Waals surface area contributed by atoms with Gasteiger partial charge in [0.25, 0.3) is 5.91 Å². The van der Waals surface area contributed by atoms with Crippen LogP contribution in [0.25, 0.3) is 0 Å². The highest BCUT2D eigenvalue weighted by atomic mass is 35.5. The average Bonchev–Trinajstić information content (AvgIpc) is 3.15. The smallest absolute Gasteiger partial charge is 0.253 e. The highest BCUT2D eigenvalue weighted by Crippen LogP contribution is 2.28. The molecule has 1 aromatic heterocycles. The van der Waals surface area contributed by atoms with Crippen LogP contribution in [0.1, 0.15) is 10.4 Å². The second-order valence-electron chi connectivity index (χ2n) is 5.60. The highest BCUT2D eigenvalue weighted by molar-refractivity contribution is 8.01. The molecule has 26 heavy (non-hydrogen) atoms. The third-order valence-electron chi connectivity index (χ3n) is 3.93. The summed E-state index contributed by atoms with van der Waals surface area (Å²) in [6, 6.07) is 6.95. The van der Waals surface area contributed by atoms with Gasteiger partial charge in [-0.05, 0) is 24.3 Å². The fraction of sp³-hybridized carbons (Fsp3) is 0.375. The second-order valence-corrected chi connectivity index (χ2v) is 8.21. The van der Waals surface area contributed by atoms with Crippen molar-refractivity contribution in [1.82, 2.24) is 20.4 Å². The number of halogens is 1. The lowest BCUT2D eigenvalue weighted by molar-refractivity contribution is -0.118. The third-order valence-corrected chi connectivity index (χ3v) is 6.30. The zero-order valence-electron chi connectivity index (χ0n) is 14.1. The Morgan fingerprint density at radius 1 is 1.19 bits per heavy atom. The molecule has 1 aromatic carbocycles. The van der Waals surface area contributed by atoms with Gasteiger partial charge in [0.2, 0.25) is 11.0 Å². The first-order valence-electron chi connectivity index (χ1n) is 8.03. The van der Waals surface area contributed by atoms with Gasteiger partial charge in [-0.2, -0.15) is 0 Å². The molecule has 0 saturated carbocycles. The predicted molar refractivity (Wildman–Crippen MR) is 104 cm³/mol. The van der Waals surface area contributed by atoms with Crippen molar-refractivity contribution >= 4 is 51.6 Å². The maximum atomic E-state index is 12.5. The van der Waals surface area contributed by atoms with E-state index in [9.17, 15) is 9.59 Å². The van der Waals surface area contributed by atoms with Crippen molar-refractivity contribution in [1.29, 1.82) is 0 Å². The van der Waals surface area contributed by atoms with Crippen molar-refractivity contribution in [3.63, 3.8) is 0 Å². The number of hydrogen-bond acceptors (Lipinski definition) is 7. The molecular weight excluding hydrogens is 394 g/mol. The molecule has 7 nitrogen and oxygen atoms in total. The Morgan fingerprint density at radius 2 is 1.88 bits per heavy atom. The molecule has 138 valence electrons. The number of hydrogen-bond donors (Lipinski definition) is 1. The summed E-state index contributed by atoms with van der Waals surface area (Å²) in [6.45, 7) is 2.66. The zero-order valence-corrected chi connectivity index (χ0v) is 16.5. The van der Waals surface area contributed by atoms with Crippen molar-refractivity contribution < 1.29 is 9.59 Å². The molecule has 1 aliphatic rings. The first kappa shape index (κ1) is 18.9. The van der Waals surface area contributed by atoms with Crippen LogP contribution in [-0.4, -0.2) is 65.9 Å². The van der Waals surface area contributed by atoms with E-state index < -0.39 is 0 Å². The standard InChI is InChI=1S/C16H18ClN5O2S2/c1-18-13(23)10-25-16-20-19-15(26-16)22-8-6-21(7-9-22)14(24)11-2-4-12(17)5-3-11/h2-5H,6-10H2,1H3,(H,18,23). The van der Waals surface area contributed by atoms with E-state index in [1.807, 2.05) is 4.90 Å². The molecule has 0 bridgehead atoms. The molecule has 1 saturated heterocycles. The Hall–Kier alpha value is -1.84. The van der Waals surface area contributed by atoms with E-state index in [2.05, 4.69) is 20.4 Å². The first-order valence-corrected chi connectivity index (χ1v) is 10.2. The second kappa shape index (κ2) is 8.70. The van der Waals surface area contributed by atoms with Crippen LogP contribution in [0.3, 0.4) is 0 Å². The summed E-state index contributed by atoms with van der Waals surface area (Å²) in [5.41, 5.74) is 0.645. The van der Waals surface area contributed by atoms with E-state index in [4.69, 9.17) is 11.6 Å². The van der Waals surface area contributed by atoms with E-state index in [1.54, 1.807) is 31.3 Å². The van der Waals surface area contributed by atoms with Gasteiger partial charge in [0.15, 0.2) is 4.34 Å². The van der Waals surface area contributed by atoms with Crippen molar-refractivity contribution in [2.24, 2.45) is 0 Å². The summed E-state index contributed by atoms with van der Waals surface area (Å²) in [4.78, 5) is 27.8. The fourth-order valence-corrected chi connectivity index (χ4v) is 4.35. The number of nitrogens with zero attached hydrogens (tertiary/aromatic N) is 4. The van der Waals surface area contributed by atoms with E-state index in [1.165, 1.54) is 23.1 Å². The van der Waals surface area contributed by atoms with Gasteiger partial charge in [-0.25, -0.2) is 0 Å². The van der Waals surface area contributed by atoms with Gasteiger partial charge in [-0.15, -0.1) is 10.2 Å². The largest absolute Gasteiger partial charge is 0.358 e. The van der Waals surface area contributed by atoms with Crippen molar-refractivity contribution in [2.75, 3.05) is 43.9 Å². The number of carbonyl (C=O) groups is 2. The molecule has 0 spiro atoms. The average molecular weight is 412 g/mol. The number of nitrogens with one attached hydrogen (secondary N) is 1. The van der Waals surface area contributed by atoms with E-state index in [-0.39, 0.29) is 11.8 Å². The lowest BCUT2D eigenvalue weighted by Gasteiger charge is -2.34. The number of anilines is 1. The topological polar surface area (TPSA) is 78.4 Å². The van der Waals surface area contributed by atoms with Crippen molar-refractivity contribution in [2.45, 2.75) is 4.34 Å². The SMILES string of the molecule is CNC(=O)CSc1nnc(N2CCN(C(=O)c3ccc(Cl)cc3)CC2)s1. The Labute approximate surface area is 164 Å². The van der Waals surface area contributed by atoms with Gasteiger partial charge in [0, 0.05) is 43.8 Å². The van der Waals surface area contributed by atoms with E-state index >= 15 is 0 Å². The lowest BCUT2D eigenvalue weighted by Crippen LogP contribution is -2.48. The van der Waals surface area contributed by atoms with Crippen LogP contribution in [0.5, 0.6) is 0 Å². The van der Waals surface area contributed by atoms with Gasteiger partial charge in [-0.3, -0.25) is 9.59 Å². The Morgan fingerprint density at radius 3 is 2.54 bits per heavy atom. The van der Waals surface area contributed by atoms with Crippen molar-refractivity contribution in [3.05, 3.63) is 34.9 Å². The molecule has 0 unspecified atom stereocenters. The molecule has 0 aliphatic carbocycles. The minimum Gasteiger partial charge on any atom is -0.358 e. The summed E-state index contributed by atoms with van der Waals surface area (Å²) in [7, 11) is 1.61. The van der Waals surface area contributed by atoms with E-state index in [0.717, 1.165) is 9.47 Å². The molecule has 1 fully saturated rings. The number of thioether (sulfide) groups is 1. The van der Waals surface area contributed by atoms with E-state index in [0.29, 0.717) is 42.5 Å². The van der Waals surface area contributed by atoms with Crippen LogP contribution in [0.4, 0.5) is 5.13 Å². The molecule has 2 heterocycles. The molecule has 1 N–H and O–H groups in total. The Kier molecular flexibility index (Phi) is 6.33. The summed E-state index contributed by atoms with van der Waals surface area (Å²) in [5.74, 6) is 0.301. The molecule has 1 aliphatic heterocycles. The van der Waals surface area contributed by atoms with Crippen molar-refractivity contribution in [3.8, 4) is 0 Å².